The first-order valence-electron chi connectivity index (χ1n) is 8.78. The molecule has 154 valence electrons. The zero-order valence-corrected chi connectivity index (χ0v) is 18.1. The third-order valence-electron chi connectivity index (χ3n) is 4.11. The predicted octanol–water partition coefficient (Wildman–Crippen LogP) is 0.619. The Hall–Kier alpha value is -0.480. The maximum absolute atomic E-state index is 11.8. The number of nitrogens with two attached hydrogens (primary N) is 2. The first-order valence-corrected chi connectivity index (χ1v) is 9.82. The molecule has 0 heterocycles. The average Bonchev–Trinajstić information content (AvgIpc) is 2.62. The first-order chi connectivity index (χ1) is 12.0. The SMILES string of the molecule is CCC(C)(CNC(=O)C(S)CN)COCC(C)(C)COC(=O)C(S)CN. The molecule has 0 fully saturated rings. The van der Waals surface area contributed by atoms with Gasteiger partial charge in [-0.25, -0.2) is 0 Å². The molecular formula is C17H35N3O4S2. The van der Waals surface area contributed by atoms with Gasteiger partial charge in [0.25, 0.3) is 0 Å². The molecule has 0 radical (unpaired) electrons. The fourth-order valence-corrected chi connectivity index (χ4v) is 2.04. The molecule has 0 aliphatic carbocycles. The zero-order chi connectivity index (χ0) is 20.4. The van der Waals surface area contributed by atoms with Crippen LogP contribution in [0, 0.1) is 10.8 Å². The number of thiol groups is 2. The van der Waals surface area contributed by atoms with Crippen LogP contribution in [0.5, 0.6) is 0 Å². The second kappa shape index (κ2) is 12.1. The van der Waals surface area contributed by atoms with Crippen LogP contribution in [-0.4, -0.2) is 61.8 Å². The largest absolute Gasteiger partial charge is 0.464 e. The molecule has 0 bridgehead atoms. The summed E-state index contributed by atoms with van der Waals surface area (Å²) >= 11 is 8.19. The van der Waals surface area contributed by atoms with Gasteiger partial charge in [-0.1, -0.05) is 27.7 Å². The minimum absolute atomic E-state index is 0.136. The summed E-state index contributed by atoms with van der Waals surface area (Å²) in [5.74, 6) is -0.602. The molecule has 9 heteroatoms. The number of hydrogen-bond donors (Lipinski definition) is 5. The second-order valence-electron chi connectivity index (χ2n) is 7.65. The van der Waals surface area contributed by atoms with Crippen molar-refractivity contribution in [3.8, 4) is 0 Å². The summed E-state index contributed by atoms with van der Waals surface area (Å²) in [4.78, 5) is 23.5. The fraction of sp³-hybridized carbons (Fsp3) is 0.882. The van der Waals surface area contributed by atoms with E-state index in [9.17, 15) is 9.59 Å². The molecule has 0 aliphatic heterocycles. The van der Waals surface area contributed by atoms with Crippen LogP contribution in [0.15, 0.2) is 0 Å². The predicted molar refractivity (Wildman–Crippen MR) is 111 cm³/mol. The van der Waals surface area contributed by atoms with E-state index in [0.29, 0.717) is 19.8 Å². The Kier molecular flexibility index (Phi) is 11.8. The van der Waals surface area contributed by atoms with Crippen LogP contribution in [-0.2, 0) is 19.1 Å². The van der Waals surface area contributed by atoms with E-state index in [0.717, 1.165) is 6.42 Å². The van der Waals surface area contributed by atoms with Crippen LogP contribution >= 0.6 is 25.3 Å². The Labute approximate surface area is 168 Å². The molecule has 3 atom stereocenters. The summed E-state index contributed by atoms with van der Waals surface area (Å²) in [5.41, 5.74) is 10.3. The lowest BCUT2D eigenvalue weighted by atomic mass is 9.88. The number of ether oxygens (including phenoxy) is 2. The van der Waals surface area contributed by atoms with Crippen molar-refractivity contribution in [2.45, 2.75) is 44.6 Å². The highest BCUT2D eigenvalue weighted by Gasteiger charge is 2.27. The average molecular weight is 410 g/mol. The molecule has 0 aliphatic rings. The second-order valence-corrected chi connectivity index (χ2v) is 8.90. The van der Waals surface area contributed by atoms with Gasteiger partial charge in [-0.3, -0.25) is 9.59 Å². The standard InChI is InChI=1S/C17H35N3O4S2/c1-5-17(4,8-20-14(21)12(25)6-18)11-23-9-16(2,3)10-24-15(22)13(26)7-19/h12-13,25-26H,5-11,18-19H2,1-4H3,(H,20,21). The smallest absolute Gasteiger partial charge is 0.320 e. The Morgan fingerprint density at radius 2 is 1.62 bits per heavy atom. The lowest BCUT2D eigenvalue weighted by Crippen LogP contribution is -2.43. The van der Waals surface area contributed by atoms with Crippen molar-refractivity contribution in [2.75, 3.05) is 39.5 Å². The van der Waals surface area contributed by atoms with Gasteiger partial charge in [0.15, 0.2) is 0 Å². The van der Waals surface area contributed by atoms with Crippen LogP contribution in [0.2, 0.25) is 0 Å². The highest BCUT2D eigenvalue weighted by Crippen LogP contribution is 2.23. The summed E-state index contributed by atoms with van der Waals surface area (Å²) in [6, 6.07) is 0. The number of rotatable bonds is 13. The molecule has 0 saturated heterocycles. The third kappa shape index (κ3) is 10.0. The quantitative estimate of drug-likeness (QED) is 0.225. The third-order valence-corrected chi connectivity index (χ3v) is 4.98. The number of nitrogens with one attached hydrogen (secondary N) is 1. The summed E-state index contributed by atoms with van der Waals surface area (Å²) in [5, 5.41) is 1.75. The van der Waals surface area contributed by atoms with E-state index in [2.05, 4.69) is 30.6 Å². The van der Waals surface area contributed by atoms with Gasteiger partial charge in [0, 0.05) is 30.5 Å². The number of amides is 1. The Bertz CT molecular complexity index is 452. The van der Waals surface area contributed by atoms with Gasteiger partial charge in [-0.2, -0.15) is 25.3 Å². The highest BCUT2D eigenvalue weighted by molar-refractivity contribution is 7.82. The van der Waals surface area contributed by atoms with E-state index in [-0.39, 0.29) is 36.4 Å². The van der Waals surface area contributed by atoms with E-state index in [1.807, 2.05) is 27.7 Å². The highest BCUT2D eigenvalue weighted by atomic mass is 32.1. The summed E-state index contributed by atoms with van der Waals surface area (Å²) in [6.07, 6.45) is 0.834. The van der Waals surface area contributed by atoms with E-state index in [1.54, 1.807) is 0 Å². The monoisotopic (exact) mass is 409 g/mol. The van der Waals surface area contributed by atoms with Crippen LogP contribution < -0.4 is 16.8 Å². The molecule has 0 aromatic rings. The van der Waals surface area contributed by atoms with Crippen molar-refractivity contribution in [1.82, 2.24) is 5.32 Å². The van der Waals surface area contributed by atoms with Gasteiger partial charge in [0.1, 0.15) is 5.25 Å². The molecule has 26 heavy (non-hydrogen) atoms. The van der Waals surface area contributed by atoms with E-state index < -0.39 is 16.5 Å². The van der Waals surface area contributed by atoms with Crippen LogP contribution in [0.4, 0.5) is 0 Å². The minimum Gasteiger partial charge on any atom is -0.464 e. The molecule has 3 unspecified atom stereocenters. The van der Waals surface area contributed by atoms with E-state index in [4.69, 9.17) is 20.9 Å². The van der Waals surface area contributed by atoms with Crippen LogP contribution in [0.1, 0.15) is 34.1 Å². The molecule has 5 N–H and O–H groups in total. The van der Waals surface area contributed by atoms with Crippen molar-refractivity contribution < 1.29 is 19.1 Å². The molecule has 0 aromatic heterocycles. The van der Waals surface area contributed by atoms with Crippen molar-refractivity contribution in [2.24, 2.45) is 22.3 Å². The van der Waals surface area contributed by atoms with E-state index >= 15 is 0 Å². The van der Waals surface area contributed by atoms with Crippen molar-refractivity contribution in [3.05, 3.63) is 0 Å². The molecule has 7 nitrogen and oxygen atoms in total. The van der Waals surface area contributed by atoms with Gasteiger partial charge >= 0.3 is 5.97 Å². The zero-order valence-electron chi connectivity index (χ0n) is 16.3. The summed E-state index contributed by atoms with van der Waals surface area (Å²) in [6.45, 7) is 9.91. The van der Waals surface area contributed by atoms with E-state index in [1.165, 1.54) is 0 Å². The molecule has 0 rings (SSSR count). The molecule has 0 aromatic carbocycles. The Morgan fingerprint density at radius 3 is 2.12 bits per heavy atom. The molecular weight excluding hydrogens is 374 g/mol. The number of carbonyl (C=O) groups excluding carboxylic acids is 2. The van der Waals surface area contributed by atoms with Gasteiger partial charge in [-0.05, 0) is 6.42 Å². The molecule has 1 amide bonds. The Balaban J connectivity index is 4.37. The van der Waals surface area contributed by atoms with Crippen molar-refractivity contribution in [3.63, 3.8) is 0 Å². The van der Waals surface area contributed by atoms with Crippen molar-refractivity contribution in [1.29, 1.82) is 0 Å². The maximum Gasteiger partial charge on any atom is 0.320 e. The number of hydrogen-bond acceptors (Lipinski definition) is 8. The lowest BCUT2D eigenvalue weighted by Gasteiger charge is -2.31. The van der Waals surface area contributed by atoms with Gasteiger partial charge in [-0.15, -0.1) is 0 Å². The summed E-state index contributed by atoms with van der Waals surface area (Å²) < 4.78 is 11.1. The van der Waals surface area contributed by atoms with Crippen LogP contribution in [0.25, 0.3) is 0 Å². The topological polar surface area (TPSA) is 117 Å². The molecule has 0 saturated carbocycles. The van der Waals surface area contributed by atoms with Gasteiger partial charge in [0.2, 0.25) is 5.91 Å². The van der Waals surface area contributed by atoms with Gasteiger partial charge < -0.3 is 26.3 Å². The molecule has 0 spiro atoms. The van der Waals surface area contributed by atoms with Crippen molar-refractivity contribution >= 4 is 37.1 Å². The normalized spacial score (nSPS) is 16.5. The first kappa shape index (κ1) is 25.5. The minimum atomic E-state index is -0.608. The maximum atomic E-state index is 11.8. The van der Waals surface area contributed by atoms with Crippen LogP contribution in [0.3, 0.4) is 0 Å². The Morgan fingerprint density at radius 1 is 1.04 bits per heavy atom. The van der Waals surface area contributed by atoms with Gasteiger partial charge in [0.05, 0.1) is 25.1 Å². The lowest BCUT2D eigenvalue weighted by molar-refractivity contribution is -0.147. The summed E-state index contributed by atoms with van der Waals surface area (Å²) in [7, 11) is 0. The number of esters is 1. The fourth-order valence-electron chi connectivity index (χ4n) is 1.88. The number of carbonyl (C=O) groups is 2.